The molecule has 2 fully saturated rings. The lowest BCUT2D eigenvalue weighted by Crippen LogP contribution is -2.50. The maximum Gasteiger partial charge on any atom is 0.245 e. The van der Waals surface area contributed by atoms with E-state index in [1.807, 2.05) is 18.7 Å². The van der Waals surface area contributed by atoms with Crippen LogP contribution in [0.2, 0.25) is 0 Å². The molecule has 2 rings (SSSR count). The van der Waals surface area contributed by atoms with Gasteiger partial charge in [0.25, 0.3) is 0 Å². The highest BCUT2D eigenvalue weighted by atomic mass is 16.2. The maximum absolute atomic E-state index is 12.4. The third-order valence-corrected chi connectivity index (χ3v) is 4.18. The monoisotopic (exact) mass is 267 g/mol. The minimum Gasteiger partial charge on any atom is -0.341 e. The first-order valence-electron chi connectivity index (χ1n) is 7.47. The summed E-state index contributed by atoms with van der Waals surface area (Å²) in [6.45, 7) is 7.04. The fourth-order valence-corrected chi connectivity index (χ4v) is 3.03. The van der Waals surface area contributed by atoms with Gasteiger partial charge in [-0.05, 0) is 39.2 Å². The Morgan fingerprint density at radius 2 is 2.00 bits per heavy atom. The lowest BCUT2D eigenvalue weighted by atomic mass is 10.1. The van der Waals surface area contributed by atoms with Crippen LogP contribution in [-0.4, -0.2) is 59.9 Å². The largest absolute Gasteiger partial charge is 0.341 e. The van der Waals surface area contributed by atoms with Gasteiger partial charge in [-0.3, -0.25) is 9.59 Å². The highest BCUT2D eigenvalue weighted by Crippen LogP contribution is 2.18. The van der Waals surface area contributed by atoms with E-state index in [2.05, 4.69) is 5.32 Å². The van der Waals surface area contributed by atoms with E-state index in [1.54, 1.807) is 4.90 Å². The molecular weight excluding hydrogens is 242 g/mol. The Morgan fingerprint density at radius 3 is 2.63 bits per heavy atom. The lowest BCUT2D eigenvalue weighted by Gasteiger charge is -2.32. The summed E-state index contributed by atoms with van der Waals surface area (Å²) in [4.78, 5) is 28.3. The van der Waals surface area contributed by atoms with Gasteiger partial charge in [0.15, 0.2) is 0 Å². The Hall–Kier alpha value is -1.10. The van der Waals surface area contributed by atoms with Crippen LogP contribution in [-0.2, 0) is 9.59 Å². The number of likely N-dealkylation sites (N-methyl/N-ethyl adjacent to an activating group) is 1. The van der Waals surface area contributed by atoms with Crippen LogP contribution in [0.3, 0.4) is 0 Å². The lowest BCUT2D eigenvalue weighted by molar-refractivity contribution is -0.144. The molecule has 2 aliphatic heterocycles. The quantitative estimate of drug-likeness (QED) is 0.811. The molecule has 2 heterocycles. The van der Waals surface area contributed by atoms with Gasteiger partial charge in [-0.1, -0.05) is 6.92 Å². The Kier molecular flexibility index (Phi) is 4.80. The van der Waals surface area contributed by atoms with Crippen LogP contribution in [0.4, 0.5) is 0 Å². The third kappa shape index (κ3) is 3.08. The van der Waals surface area contributed by atoms with Crippen molar-refractivity contribution in [2.75, 3.05) is 26.2 Å². The molecule has 5 heteroatoms. The van der Waals surface area contributed by atoms with Crippen molar-refractivity contribution in [1.29, 1.82) is 0 Å². The average Bonchev–Trinajstić information content (AvgIpc) is 2.80. The number of carbonyl (C=O) groups excluding carboxylic acids is 2. The van der Waals surface area contributed by atoms with Crippen LogP contribution in [0.1, 0.15) is 39.5 Å². The molecule has 19 heavy (non-hydrogen) atoms. The van der Waals surface area contributed by atoms with E-state index in [4.69, 9.17) is 0 Å². The van der Waals surface area contributed by atoms with Gasteiger partial charge in [0.2, 0.25) is 11.8 Å². The van der Waals surface area contributed by atoms with Gasteiger partial charge in [-0.2, -0.15) is 0 Å². The average molecular weight is 267 g/mol. The van der Waals surface area contributed by atoms with Crippen molar-refractivity contribution in [1.82, 2.24) is 15.1 Å². The first kappa shape index (κ1) is 14.3. The minimum atomic E-state index is -0.311. The highest BCUT2D eigenvalue weighted by Gasteiger charge is 2.37. The molecular formula is C14H25N3O2. The number of nitrogens with one attached hydrogen (secondary N) is 1. The summed E-state index contributed by atoms with van der Waals surface area (Å²) >= 11 is 0. The Balaban J connectivity index is 1.93. The molecule has 0 bridgehead atoms. The number of rotatable bonds is 4. The zero-order valence-corrected chi connectivity index (χ0v) is 12.0. The molecule has 0 spiro atoms. The number of piperidine rings is 1. The van der Waals surface area contributed by atoms with Crippen LogP contribution < -0.4 is 5.32 Å². The first-order valence-corrected chi connectivity index (χ1v) is 7.47. The van der Waals surface area contributed by atoms with Crippen molar-refractivity contribution in [3.8, 4) is 0 Å². The fraction of sp³-hybridized carbons (Fsp3) is 0.857. The molecule has 2 saturated heterocycles. The number of hydrogen-bond donors (Lipinski definition) is 1. The number of hydrogen-bond acceptors (Lipinski definition) is 3. The van der Waals surface area contributed by atoms with E-state index in [1.165, 1.54) is 6.42 Å². The van der Waals surface area contributed by atoms with Gasteiger partial charge in [-0.15, -0.1) is 0 Å². The summed E-state index contributed by atoms with van der Waals surface area (Å²) in [5.41, 5.74) is 0. The number of likely N-dealkylation sites (tertiary alicyclic amines) is 2. The summed E-state index contributed by atoms with van der Waals surface area (Å²) in [6, 6.07) is -0.407. The summed E-state index contributed by atoms with van der Waals surface area (Å²) < 4.78 is 0. The molecule has 108 valence electrons. The Labute approximate surface area is 115 Å². The molecule has 0 radical (unpaired) electrons. The van der Waals surface area contributed by atoms with Crippen LogP contribution in [0.25, 0.3) is 0 Å². The van der Waals surface area contributed by atoms with Gasteiger partial charge in [0.05, 0.1) is 6.04 Å². The van der Waals surface area contributed by atoms with Crippen LogP contribution in [0, 0.1) is 0 Å². The van der Waals surface area contributed by atoms with Crippen LogP contribution in [0.5, 0.6) is 0 Å². The van der Waals surface area contributed by atoms with Crippen molar-refractivity contribution in [3.05, 3.63) is 0 Å². The van der Waals surface area contributed by atoms with Gasteiger partial charge in [0.1, 0.15) is 6.04 Å². The molecule has 2 aliphatic rings. The first-order chi connectivity index (χ1) is 9.15. The molecule has 0 aromatic rings. The van der Waals surface area contributed by atoms with Gasteiger partial charge >= 0.3 is 0 Å². The zero-order chi connectivity index (χ0) is 13.8. The van der Waals surface area contributed by atoms with Crippen molar-refractivity contribution in [3.63, 3.8) is 0 Å². The molecule has 2 amide bonds. The molecule has 2 unspecified atom stereocenters. The maximum atomic E-state index is 12.4. The van der Waals surface area contributed by atoms with Crippen molar-refractivity contribution >= 4 is 11.8 Å². The number of amides is 2. The van der Waals surface area contributed by atoms with Crippen molar-refractivity contribution in [2.45, 2.75) is 51.6 Å². The van der Waals surface area contributed by atoms with Crippen LogP contribution in [0.15, 0.2) is 0 Å². The molecule has 1 N–H and O–H groups in total. The summed E-state index contributed by atoms with van der Waals surface area (Å²) in [7, 11) is 0. The molecule has 0 saturated carbocycles. The SMILES string of the molecule is CCNC1CCN(C(C)C(=O)N2CCCCC2)C1=O. The van der Waals surface area contributed by atoms with E-state index >= 15 is 0 Å². The van der Waals surface area contributed by atoms with Crippen molar-refractivity contribution in [2.24, 2.45) is 0 Å². The Bertz CT molecular complexity index is 340. The second kappa shape index (κ2) is 6.37. The fourth-order valence-electron chi connectivity index (χ4n) is 3.03. The summed E-state index contributed by atoms with van der Waals surface area (Å²) in [5, 5.41) is 3.18. The summed E-state index contributed by atoms with van der Waals surface area (Å²) in [6.07, 6.45) is 4.20. The van der Waals surface area contributed by atoms with Crippen molar-refractivity contribution < 1.29 is 9.59 Å². The second-order valence-electron chi connectivity index (χ2n) is 5.49. The predicted octanol–water partition coefficient (Wildman–Crippen LogP) is 0.598. The van der Waals surface area contributed by atoms with Crippen LogP contribution >= 0.6 is 0 Å². The summed E-state index contributed by atoms with van der Waals surface area (Å²) in [5.74, 6) is 0.199. The zero-order valence-electron chi connectivity index (χ0n) is 12.0. The van der Waals surface area contributed by atoms with E-state index < -0.39 is 0 Å². The standard InChI is InChI=1S/C14H25N3O2/c1-3-15-12-7-10-17(14(12)19)11(2)13(18)16-8-5-4-6-9-16/h11-12,15H,3-10H2,1-2H3. The molecule has 2 atom stereocenters. The van der Waals surface area contributed by atoms with E-state index in [0.717, 1.165) is 38.9 Å². The molecule has 0 aromatic heterocycles. The molecule has 0 aliphatic carbocycles. The smallest absolute Gasteiger partial charge is 0.245 e. The molecule has 0 aromatic carbocycles. The van der Waals surface area contributed by atoms with Gasteiger partial charge in [0, 0.05) is 19.6 Å². The Morgan fingerprint density at radius 1 is 1.32 bits per heavy atom. The topological polar surface area (TPSA) is 52.7 Å². The molecule has 5 nitrogen and oxygen atoms in total. The van der Waals surface area contributed by atoms with E-state index in [9.17, 15) is 9.59 Å². The van der Waals surface area contributed by atoms with Gasteiger partial charge in [-0.25, -0.2) is 0 Å². The minimum absolute atomic E-state index is 0.0831. The highest BCUT2D eigenvalue weighted by molar-refractivity contribution is 5.91. The second-order valence-corrected chi connectivity index (χ2v) is 5.49. The number of carbonyl (C=O) groups is 2. The van der Waals surface area contributed by atoms with E-state index in [-0.39, 0.29) is 23.9 Å². The van der Waals surface area contributed by atoms with Gasteiger partial charge < -0.3 is 15.1 Å². The number of nitrogens with zero attached hydrogens (tertiary/aromatic N) is 2. The van der Waals surface area contributed by atoms with E-state index in [0.29, 0.717) is 6.54 Å². The predicted molar refractivity (Wildman–Crippen MR) is 73.7 cm³/mol. The normalized spacial score (nSPS) is 25.8. The third-order valence-electron chi connectivity index (χ3n) is 4.18.